The molecule has 0 radical (unpaired) electrons. The van der Waals surface area contributed by atoms with E-state index in [0.29, 0.717) is 0 Å². The van der Waals surface area contributed by atoms with Gasteiger partial charge in [0.2, 0.25) is 0 Å². The predicted octanol–water partition coefficient (Wildman–Crippen LogP) is 8.42. The summed E-state index contributed by atoms with van der Waals surface area (Å²) in [5.41, 5.74) is 2.51. The van der Waals surface area contributed by atoms with Crippen LogP contribution in [0.15, 0.2) is 36.7 Å². The maximum absolute atomic E-state index is 5.66. The molecule has 0 aliphatic heterocycles. The quantitative estimate of drug-likeness (QED) is 0.279. The van der Waals surface area contributed by atoms with Gasteiger partial charge >= 0.3 is 0 Å². The summed E-state index contributed by atoms with van der Waals surface area (Å²) >= 11 is 0. The molecule has 1 aliphatic carbocycles. The summed E-state index contributed by atoms with van der Waals surface area (Å²) < 4.78 is 5.66. The fraction of sp³-hybridized carbons (Fsp3) is 0.655. The van der Waals surface area contributed by atoms with Gasteiger partial charge in [-0.15, -0.1) is 0 Å². The number of aromatic nitrogens is 2. The van der Waals surface area contributed by atoms with E-state index in [-0.39, 0.29) is 0 Å². The molecule has 3 nitrogen and oxygen atoms in total. The van der Waals surface area contributed by atoms with Gasteiger partial charge in [-0.2, -0.15) is 0 Å². The lowest BCUT2D eigenvalue weighted by molar-refractivity contribution is 0.248. The molecule has 0 bridgehead atoms. The Morgan fingerprint density at radius 1 is 0.750 bits per heavy atom. The fourth-order valence-electron chi connectivity index (χ4n) is 4.91. The van der Waals surface area contributed by atoms with Gasteiger partial charge in [0.05, 0.1) is 19.0 Å². The number of unbranched alkanes of at least 4 members (excludes halogenated alkanes) is 5. The van der Waals surface area contributed by atoms with Gasteiger partial charge < -0.3 is 4.74 Å². The molecule has 1 aromatic heterocycles. The Bertz CT molecular complexity index is 733. The van der Waals surface area contributed by atoms with Crippen LogP contribution in [0, 0.1) is 11.8 Å². The molecule has 1 aliphatic rings. The number of benzene rings is 1. The van der Waals surface area contributed by atoms with Crippen molar-refractivity contribution in [1.29, 1.82) is 0 Å². The van der Waals surface area contributed by atoms with Crippen LogP contribution in [0.1, 0.15) is 103 Å². The second-order valence-corrected chi connectivity index (χ2v) is 9.77. The van der Waals surface area contributed by atoms with Gasteiger partial charge in [-0.1, -0.05) is 109 Å². The first-order chi connectivity index (χ1) is 15.8. The Hall–Kier alpha value is -1.90. The van der Waals surface area contributed by atoms with Crippen LogP contribution in [0.3, 0.4) is 0 Å². The summed E-state index contributed by atoms with van der Waals surface area (Å²) in [6.07, 6.45) is 22.7. The minimum atomic E-state index is 0.731. The van der Waals surface area contributed by atoms with E-state index in [4.69, 9.17) is 4.74 Å². The highest BCUT2D eigenvalue weighted by Gasteiger charge is 2.20. The maximum atomic E-state index is 5.66. The van der Waals surface area contributed by atoms with Gasteiger partial charge in [0.1, 0.15) is 0 Å². The molecule has 176 valence electrons. The molecule has 3 heteroatoms. The SMILES string of the molecule is CCCCCCC[C@H]1CC[C@H](CCc2ccc(-c3ncc(OCCCC)cn3)cc2)CC1. The summed E-state index contributed by atoms with van der Waals surface area (Å²) in [6.45, 7) is 5.19. The van der Waals surface area contributed by atoms with Crippen LogP contribution in [-0.2, 0) is 6.42 Å². The molecular formula is C29H44N2O. The maximum Gasteiger partial charge on any atom is 0.159 e. The van der Waals surface area contributed by atoms with Crippen LogP contribution in [0.2, 0.25) is 0 Å². The zero-order valence-electron chi connectivity index (χ0n) is 20.5. The molecular weight excluding hydrogens is 392 g/mol. The fourth-order valence-corrected chi connectivity index (χ4v) is 4.91. The minimum Gasteiger partial charge on any atom is -0.490 e. The van der Waals surface area contributed by atoms with E-state index < -0.39 is 0 Å². The first-order valence-corrected chi connectivity index (χ1v) is 13.3. The van der Waals surface area contributed by atoms with Crippen LogP contribution >= 0.6 is 0 Å². The Labute approximate surface area is 196 Å². The van der Waals surface area contributed by atoms with Crippen LogP contribution in [-0.4, -0.2) is 16.6 Å². The van der Waals surface area contributed by atoms with E-state index in [1.807, 2.05) is 0 Å². The monoisotopic (exact) mass is 436 g/mol. The van der Waals surface area contributed by atoms with Crippen LogP contribution in [0.25, 0.3) is 11.4 Å². The topological polar surface area (TPSA) is 35.0 Å². The normalized spacial score (nSPS) is 18.6. The summed E-state index contributed by atoms with van der Waals surface area (Å²) in [4.78, 5) is 8.97. The van der Waals surface area contributed by atoms with Gasteiger partial charge in [-0.25, -0.2) is 9.97 Å². The van der Waals surface area contributed by atoms with Gasteiger partial charge in [0.15, 0.2) is 11.6 Å². The third-order valence-corrected chi connectivity index (χ3v) is 7.13. The summed E-state index contributed by atoms with van der Waals surface area (Å²) in [7, 11) is 0. The van der Waals surface area contributed by atoms with Crippen molar-refractivity contribution in [3.8, 4) is 17.1 Å². The molecule has 1 fully saturated rings. The lowest BCUT2D eigenvalue weighted by Gasteiger charge is -2.28. The van der Waals surface area contributed by atoms with Crippen LogP contribution < -0.4 is 4.74 Å². The van der Waals surface area contributed by atoms with Gasteiger partial charge in [-0.3, -0.25) is 0 Å². The first kappa shape index (κ1) is 24.7. The summed E-state index contributed by atoms with van der Waals surface area (Å²) in [5.74, 6) is 3.46. The average Bonchev–Trinajstić information content (AvgIpc) is 2.84. The van der Waals surface area contributed by atoms with Crippen LogP contribution in [0.5, 0.6) is 5.75 Å². The molecule has 0 unspecified atom stereocenters. The molecule has 0 saturated heterocycles. The molecule has 0 N–H and O–H groups in total. The first-order valence-electron chi connectivity index (χ1n) is 13.3. The van der Waals surface area contributed by atoms with E-state index in [1.165, 1.54) is 82.6 Å². The minimum absolute atomic E-state index is 0.731. The van der Waals surface area contributed by atoms with E-state index in [0.717, 1.165) is 48.4 Å². The molecule has 1 saturated carbocycles. The Morgan fingerprint density at radius 3 is 2.03 bits per heavy atom. The van der Waals surface area contributed by atoms with Crippen molar-refractivity contribution in [3.05, 3.63) is 42.2 Å². The molecule has 32 heavy (non-hydrogen) atoms. The molecule has 0 amide bonds. The number of aryl methyl sites for hydroxylation is 1. The van der Waals surface area contributed by atoms with Gasteiger partial charge in [0.25, 0.3) is 0 Å². The Morgan fingerprint density at radius 2 is 1.38 bits per heavy atom. The molecule has 3 rings (SSSR count). The molecule has 1 heterocycles. The predicted molar refractivity (Wildman–Crippen MR) is 135 cm³/mol. The number of hydrogen-bond donors (Lipinski definition) is 0. The third kappa shape index (κ3) is 8.56. The van der Waals surface area contributed by atoms with Gasteiger partial charge in [0, 0.05) is 5.56 Å². The summed E-state index contributed by atoms with van der Waals surface area (Å²) in [5, 5.41) is 0. The second-order valence-electron chi connectivity index (χ2n) is 9.77. The van der Waals surface area contributed by atoms with Crippen molar-refractivity contribution in [2.45, 2.75) is 104 Å². The highest BCUT2D eigenvalue weighted by Crippen LogP contribution is 2.34. The Balaban J connectivity index is 1.35. The van der Waals surface area contributed by atoms with Gasteiger partial charge in [-0.05, 0) is 36.7 Å². The smallest absolute Gasteiger partial charge is 0.159 e. The van der Waals surface area contributed by atoms with Crippen molar-refractivity contribution in [2.75, 3.05) is 6.61 Å². The van der Waals surface area contributed by atoms with Crippen molar-refractivity contribution in [3.63, 3.8) is 0 Å². The Kier molecular flexibility index (Phi) is 11.0. The standard InChI is InChI=1S/C29H44N2O/c1-3-5-7-8-9-10-24-11-13-25(14-12-24)15-16-26-17-19-27(20-18-26)29-30-22-28(23-31-29)32-21-6-4-2/h17-20,22-25H,3-16,21H2,1-2H3/t24-,25-. The lowest BCUT2D eigenvalue weighted by Crippen LogP contribution is -2.15. The van der Waals surface area contributed by atoms with E-state index in [9.17, 15) is 0 Å². The van der Waals surface area contributed by atoms with Crippen LogP contribution in [0.4, 0.5) is 0 Å². The largest absolute Gasteiger partial charge is 0.490 e. The van der Waals surface area contributed by atoms with E-state index in [2.05, 4.69) is 48.1 Å². The number of nitrogens with zero attached hydrogens (tertiary/aromatic N) is 2. The van der Waals surface area contributed by atoms with Crippen molar-refractivity contribution < 1.29 is 4.74 Å². The van der Waals surface area contributed by atoms with E-state index in [1.54, 1.807) is 12.4 Å². The lowest BCUT2D eigenvalue weighted by atomic mass is 9.77. The second kappa shape index (κ2) is 14.3. The third-order valence-electron chi connectivity index (χ3n) is 7.13. The van der Waals surface area contributed by atoms with Crippen molar-refractivity contribution >= 4 is 0 Å². The highest BCUT2D eigenvalue weighted by molar-refractivity contribution is 5.55. The highest BCUT2D eigenvalue weighted by atomic mass is 16.5. The van der Waals surface area contributed by atoms with E-state index >= 15 is 0 Å². The summed E-state index contributed by atoms with van der Waals surface area (Å²) in [6, 6.07) is 8.84. The molecule has 0 spiro atoms. The van der Waals surface area contributed by atoms with Crippen molar-refractivity contribution in [1.82, 2.24) is 9.97 Å². The number of ether oxygens (including phenoxy) is 1. The number of rotatable bonds is 14. The molecule has 0 atom stereocenters. The molecule has 2 aromatic rings. The molecule has 1 aromatic carbocycles. The zero-order valence-corrected chi connectivity index (χ0v) is 20.5. The zero-order chi connectivity index (χ0) is 22.4. The van der Waals surface area contributed by atoms with Crippen molar-refractivity contribution in [2.24, 2.45) is 11.8 Å². The number of hydrogen-bond acceptors (Lipinski definition) is 3. The average molecular weight is 437 g/mol.